The van der Waals surface area contributed by atoms with Crippen molar-refractivity contribution in [2.45, 2.75) is 45.6 Å². The van der Waals surface area contributed by atoms with Crippen LogP contribution in [0.2, 0.25) is 0 Å². The second-order valence-electron chi connectivity index (χ2n) is 9.27. The van der Waals surface area contributed by atoms with Crippen LogP contribution in [-0.4, -0.2) is 60.6 Å². The summed E-state index contributed by atoms with van der Waals surface area (Å²) in [7, 11) is 3.25. The number of carbonyl (C=O) groups excluding carboxylic acids is 2. The number of aliphatic imine (C=N–C) groups is 1. The molecule has 2 heterocycles. The van der Waals surface area contributed by atoms with Gasteiger partial charge in [0.25, 0.3) is 0 Å². The second kappa shape index (κ2) is 9.54. The van der Waals surface area contributed by atoms with Crippen LogP contribution < -0.4 is 14.8 Å². The molecule has 0 saturated heterocycles. The number of allylic oxidation sites excluding steroid dienone is 1. The van der Waals surface area contributed by atoms with Gasteiger partial charge in [-0.15, -0.1) is 0 Å². The molecule has 0 spiro atoms. The third kappa shape index (κ3) is 4.42. The Hall–Kier alpha value is -3.26. The monoisotopic (exact) mass is 464 g/mol. The zero-order valence-electron chi connectivity index (χ0n) is 20.4. The van der Waals surface area contributed by atoms with Gasteiger partial charge in [-0.05, 0) is 70.8 Å². The fourth-order valence-electron chi connectivity index (χ4n) is 4.61. The lowest BCUT2D eigenvalue weighted by Gasteiger charge is -2.32. The maximum atomic E-state index is 13.3. The molecule has 2 aliphatic rings. The predicted molar refractivity (Wildman–Crippen MR) is 131 cm³/mol. The summed E-state index contributed by atoms with van der Waals surface area (Å²) < 4.78 is 10.7. The van der Waals surface area contributed by atoms with E-state index in [1.54, 1.807) is 34.3 Å². The van der Waals surface area contributed by atoms with Crippen LogP contribution in [0.3, 0.4) is 0 Å². The standard InChI is InChI=1S/C26H32N4O4/c1-15-29-22-18-14-28-26(2,3)25(32)21(18)17(24(31)23(22)30-15)7-6-11-27-12-10-16-8-9-19(33-4)20(13-16)34-5/h8-9,13-14,17,27H,6-7,10-12H2,1-5H3,(H,29,30). The maximum Gasteiger partial charge on any atom is 0.188 e. The zero-order valence-corrected chi connectivity index (χ0v) is 20.4. The minimum atomic E-state index is -0.863. The number of imidazole rings is 1. The summed E-state index contributed by atoms with van der Waals surface area (Å²) in [4.78, 5) is 38.6. The quantitative estimate of drug-likeness (QED) is 0.552. The molecule has 1 unspecified atom stereocenters. The number of H-pyrrole nitrogens is 1. The zero-order chi connectivity index (χ0) is 24.5. The number of dihydropyridines is 1. The Balaban J connectivity index is 1.38. The van der Waals surface area contributed by atoms with Crippen LogP contribution in [0.1, 0.15) is 54.3 Å². The van der Waals surface area contributed by atoms with Crippen LogP contribution in [0.4, 0.5) is 0 Å². The number of hydrogen-bond donors (Lipinski definition) is 2. The molecule has 0 radical (unpaired) electrons. The first kappa shape index (κ1) is 23.9. The van der Waals surface area contributed by atoms with Crippen LogP contribution in [0.5, 0.6) is 11.5 Å². The minimum Gasteiger partial charge on any atom is -0.493 e. The van der Waals surface area contributed by atoms with Crippen LogP contribution >= 0.6 is 0 Å². The van der Waals surface area contributed by atoms with E-state index in [1.165, 1.54) is 0 Å². The Kier molecular flexibility index (Phi) is 6.70. The summed E-state index contributed by atoms with van der Waals surface area (Å²) in [6, 6.07) is 5.92. The van der Waals surface area contributed by atoms with Crippen molar-refractivity contribution in [1.82, 2.24) is 15.3 Å². The van der Waals surface area contributed by atoms with Crippen molar-refractivity contribution >= 4 is 23.4 Å². The lowest BCUT2D eigenvalue weighted by atomic mass is 9.73. The van der Waals surface area contributed by atoms with Crippen LogP contribution in [0, 0.1) is 12.8 Å². The fraction of sp³-hybridized carbons (Fsp3) is 0.462. The van der Waals surface area contributed by atoms with E-state index >= 15 is 0 Å². The van der Waals surface area contributed by atoms with Crippen molar-refractivity contribution in [2.24, 2.45) is 10.9 Å². The average Bonchev–Trinajstić information content (AvgIpc) is 3.22. The molecule has 34 heavy (non-hydrogen) atoms. The number of ether oxygens (including phenoxy) is 2. The first-order chi connectivity index (χ1) is 16.3. The van der Waals surface area contributed by atoms with Gasteiger partial charge in [-0.1, -0.05) is 6.07 Å². The molecule has 8 nitrogen and oxygen atoms in total. The highest BCUT2D eigenvalue weighted by Crippen LogP contribution is 2.40. The number of aromatic nitrogens is 2. The number of Topliss-reactive ketones (excluding diaryl/α,β-unsaturated/α-hetero) is 2. The van der Waals surface area contributed by atoms with E-state index in [2.05, 4.69) is 20.3 Å². The van der Waals surface area contributed by atoms with Crippen LogP contribution in [0.15, 0.2) is 28.8 Å². The minimum absolute atomic E-state index is 0.0564. The molecule has 1 aromatic heterocycles. The Morgan fingerprint density at radius 3 is 2.62 bits per heavy atom. The Labute approximate surface area is 199 Å². The van der Waals surface area contributed by atoms with Gasteiger partial charge in [0.05, 0.1) is 20.1 Å². The molecule has 0 amide bonds. The predicted octanol–water partition coefficient (Wildman–Crippen LogP) is 3.35. The van der Waals surface area contributed by atoms with Gasteiger partial charge in [-0.3, -0.25) is 14.6 Å². The van der Waals surface area contributed by atoms with Gasteiger partial charge in [0.15, 0.2) is 23.1 Å². The van der Waals surface area contributed by atoms with Crippen molar-refractivity contribution in [3.63, 3.8) is 0 Å². The lowest BCUT2D eigenvalue weighted by Crippen LogP contribution is -2.41. The van der Waals surface area contributed by atoms with Gasteiger partial charge in [0.1, 0.15) is 22.8 Å². The highest BCUT2D eigenvalue weighted by atomic mass is 16.5. The summed E-state index contributed by atoms with van der Waals surface area (Å²) in [5.41, 5.74) is 2.58. The van der Waals surface area contributed by atoms with Gasteiger partial charge in [-0.25, -0.2) is 4.98 Å². The molecule has 2 N–H and O–H groups in total. The number of methoxy groups -OCH3 is 2. The van der Waals surface area contributed by atoms with E-state index in [0.29, 0.717) is 40.5 Å². The molecule has 1 atom stereocenters. The van der Waals surface area contributed by atoms with E-state index < -0.39 is 11.5 Å². The molecule has 180 valence electrons. The SMILES string of the molecule is COc1ccc(CCNCCCC2C(=O)c3[nH]c(C)nc3C3=C2C(=O)C(C)(C)N=C3)cc1OC. The number of nitrogens with zero attached hydrogens (tertiary/aromatic N) is 2. The van der Waals surface area contributed by atoms with E-state index in [1.807, 2.05) is 25.1 Å². The van der Waals surface area contributed by atoms with E-state index in [9.17, 15) is 9.59 Å². The molecule has 1 aromatic carbocycles. The number of hydrogen-bond acceptors (Lipinski definition) is 7. The number of nitrogens with one attached hydrogen (secondary N) is 2. The Morgan fingerprint density at radius 2 is 1.88 bits per heavy atom. The third-order valence-corrected chi connectivity index (χ3v) is 6.48. The molecular formula is C26H32N4O4. The van der Waals surface area contributed by atoms with Crippen LogP contribution in [-0.2, 0) is 11.2 Å². The average molecular weight is 465 g/mol. The highest BCUT2D eigenvalue weighted by molar-refractivity contribution is 6.30. The number of ketones is 2. The molecule has 0 bridgehead atoms. The van der Waals surface area contributed by atoms with Gasteiger partial charge in [-0.2, -0.15) is 0 Å². The van der Waals surface area contributed by atoms with Crippen molar-refractivity contribution in [3.05, 3.63) is 46.5 Å². The number of fused-ring (bicyclic) bond motifs is 2. The number of carbonyl (C=O) groups is 2. The number of rotatable bonds is 9. The van der Waals surface area contributed by atoms with Gasteiger partial charge in [0.2, 0.25) is 0 Å². The summed E-state index contributed by atoms with van der Waals surface area (Å²) in [6.45, 7) is 6.94. The molecule has 2 aromatic rings. The van der Waals surface area contributed by atoms with E-state index in [0.717, 1.165) is 37.2 Å². The Morgan fingerprint density at radius 1 is 1.12 bits per heavy atom. The maximum absolute atomic E-state index is 13.3. The van der Waals surface area contributed by atoms with Crippen molar-refractivity contribution in [2.75, 3.05) is 27.3 Å². The number of aromatic amines is 1. The molecule has 0 fully saturated rings. The molecule has 4 rings (SSSR count). The van der Waals surface area contributed by atoms with E-state index in [4.69, 9.17) is 9.47 Å². The summed E-state index contributed by atoms with van der Waals surface area (Å²) >= 11 is 0. The summed E-state index contributed by atoms with van der Waals surface area (Å²) in [6.07, 6.45) is 3.93. The fourth-order valence-corrected chi connectivity index (χ4v) is 4.61. The van der Waals surface area contributed by atoms with Crippen LogP contribution in [0.25, 0.3) is 5.57 Å². The molecular weight excluding hydrogens is 432 g/mol. The van der Waals surface area contributed by atoms with Gasteiger partial charge < -0.3 is 19.8 Å². The molecule has 1 aliphatic heterocycles. The van der Waals surface area contributed by atoms with Crippen molar-refractivity contribution < 1.29 is 19.1 Å². The summed E-state index contributed by atoms with van der Waals surface area (Å²) in [5.74, 6) is 1.47. The third-order valence-electron chi connectivity index (χ3n) is 6.48. The molecule has 8 heteroatoms. The largest absolute Gasteiger partial charge is 0.493 e. The molecule has 1 aliphatic carbocycles. The normalized spacial score (nSPS) is 18.7. The van der Waals surface area contributed by atoms with Gasteiger partial charge >= 0.3 is 0 Å². The topological polar surface area (TPSA) is 106 Å². The molecule has 0 saturated carbocycles. The first-order valence-electron chi connectivity index (χ1n) is 11.6. The van der Waals surface area contributed by atoms with Gasteiger partial charge in [0, 0.05) is 17.4 Å². The number of benzene rings is 1. The van der Waals surface area contributed by atoms with E-state index in [-0.39, 0.29) is 11.6 Å². The highest BCUT2D eigenvalue weighted by Gasteiger charge is 2.45. The lowest BCUT2D eigenvalue weighted by molar-refractivity contribution is -0.119. The smallest absolute Gasteiger partial charge is 0.188 e. The summed E-state index contributed by atoms with van der Waals surface area (Å²) in [5, 5.41) is 3.45. The van der Waals surface area contributed by atoms with Crippen molar-refractivity contribution in [1.29, 1.82) is 0 Å². The number of aryl methyl sites for hydroxylation is 1. The second-order valence-corrected chi connectivity index (χ2v) is 9.27. The first-order valence-corrected chi connectivity index (χ1v) is 11.6. The Bertz CT molecular complexity index is 1180. The van der Waals surface area contributed by atoms with Crippen molar-refractivity contribution in [3.8, 4) is 11.5 Å².